The van der Waals surface area contributed by atoms with Crippen molar-refractivity contribution in [1.29, 1.82) is 0 Å². The van der Waals surface area contributed by atoms with Crippen LogP contribution in [-0.4, -0.2) is 9.55 Å². The summed E-state index contributed by atoms with van der Waals surface area (Å²) in [5.74, 6) is 1.18. The summed E-state index contributed by atoms with van der Waals surface area (Å²) in [6.07, 6.45) is 5.14. The molecule has 0 atom stereocenters. The van der Waals surface area contributed by atoms with Crippen molar-refractivity contribution in [2.45, 2.75) is 39.7 Å². The number of benzene rings is 1. The average molecular weight is 254 g/mol. The minimum absolute atomic E-state index is 0.958. The number of aryl methyl sites for hydroxylation is 2. The fraction of sp³-hybridized carbons (Fsp3) is 0.353. The lowest BCUT2D eigenvalue weighted by Gasteiger charge is -2.06. The maximum Gasteiger partial charge on any atom is 0.109 e. The molecule has 0 bridgehead atoms. The predicted octanol–water partition coefficient (Wildman–Crippen LogP) is 4.60. The SMILES string of the molecule is C=CCCCc1nc2ccc(C(=C)C)cc2n1CC. The van der Waals surface area contributed by atoms with Gasteiger partial charge in [0, 0.05) is 13.0 Å². The second kappa shape index (κ2) is 5.87. The summed E-state index contributed by atoms with van der Waals surface area (Å²) in [6, 6.07) is 6.40. The van der Waals surface area contributed by atoms with Crippen LogP contribution >= 0.6 is 0 Å². The Morgan fingerprint density at radius 1 is 1.42 bits per heavy atom. The molecule has 0 aliphatic carbocycles. The van der Waals surface area contributed by atoms with Crippen LogP contribution in [0, 0.1) is 0 Å². The summed E-state index contributed by atoms with van der Waals surface area (Å²) >= 11 is 0. The number of fused-ring (bicyclic) bond motifs is 1. The summed E-state index contributed by atoms with van der Waals surface area (Å²) < 4.78 is 2.31. The van der Waals surface area contributed by atoms with Crippen LogP contribution in [0.25, 0.3) is 16.6 Å². The molecule has 0 aliphatic heterocycles. The highest BCUT2D eigenvalue weighted by Crippen LogP contribution is 2.22. The van der Waals surface area contributed by atoms with Crippen LogP contribution in [0.1, 0.15) is 38.1 Å². The molecule has 0 radical (unpaired) electrons. The zero-order valence-electron chi connectivity index (χ0n) is 11.9. The van der Waals surface area contributed by atoms with Crippen molar-refractivity contribution in [3.8, 4) is 0 Å². The highest BCUT2D eigenvalue weighted by atomic mass is 15.1. The number of hydrogen-bond donors (Lipinski definition) is 0. The lowest BCUT2D eigenvalue weighted by molar-refractivity contribution is 0.687. The van der Waals surface area contributed by atoms with Crippen molar-refractivity contribution >= 4 is 16.6 Å². The minimum Gasteiger partial charge on any atom is -0.328 e. The molecule has 0 fully saturated rings. The van der Waals surface area contributed by atoms with E-state index in [0.717, 1.165) is 36.9 Å². The predicted molar refractivity (Wildman–Crippen MR) is 83.3 cm³/mol. The highest BCUT2D eigenvalue weighted by molar-refractivity contribution is 5.81. The molecule has 0 spiro atoms. The Morgan fingerprint density at radius 3 is 2.84 bits per heavy atom. The van der Waals surface area contributed by atoms with Crippen LogP contribution in [0.15, 0.2) is 37.4 Å². The van der Waals surface area contributed by atoms with E-state index in [-0.39, 0.29) is 0 Å². The Bertz CT molecular complexity index is 605. The molecule has 0 unspecified atom stereocenters. The van der Waals surface area contributed by atoms with Gasteiger partial charge in [-0.2, -0.15) is 0 Å². The number of rotatable bonds is 6. The first-order valence-electron chi connectivity index (χ1n) is 6.93. The van der Waals surface area contributed by atoms with Gasteiger partial charge in [-0.1, -0.05) is 24.3 Å². The van der Waals surface area contributed by atoms with Gasteiger partial charge in [0.25, 0.3) is 0 Å². The molecule has 2 nitrogen and oxygen atoms in total. The first-order chi connectivity index (χ1) is 9.17. The number of nitrogens with zero attached hydrogens (tertiary/aromatic N) is 2. The van der Waals surface area contributed by atoms with Gasteiger partial charge in [-0.15, -0.1) is 6.58 Å². The summed E-state index contributed by atoms with van der Waals surface area (Å²) in [5, 5.41) is 0. The Morgan fingerprint density at radius 2 is 2.21 bits per heavy atom. The highest BCUT2D eigenvalue weighted by Gasteiger charge is 2.09. The number of allylic oxidation sites excluding steroid dienone is 2. The van der Waals surface area contributed by atoms with E-state index < -0.39 is 0 Å². The van der Waals surface area contributed by atoms with E-state index in [1.165, 1.54) is 16.9 Å². The second-order valence-electron chi connectivity index (χ2n) is 4.94. The molecule has 100 valence electrons. The van der Waals surface area contributed by atoms with Gasteiger partial charge in [0.15, 0.2) is 0 Å². The number of hydrogen-bond acceptors (Lipinski definition) is 1. The summed E-state index contributed by atoms with van der Waals surface area (Å²) in [5.41, 5.74) is 4.59. The maximum absolute atomic E-state index is 4.75. The van der Waals surface area contributed by atoms with Gasteiger partial charge in [0.1, 0.15) is 5.82 Å². The molecule has 0 amide bonds. The van der Waals surface area contributed by atoms with Crippen LogP contribution in [0.4, 0.5) is 0 Å². The van der Waals surface area contributed by atoms with Crippen LogP contribution in [0.3, 0.4) is 0 Å². The third-order valence-electron chi connectivity index (χ3n) is 3.44. The molecule has 2 heteroatoms. The summed E-state index contributed by atoms with van der Waals surface area (Å²) in [6.45, 7) is 13.0. The van der Waals surface area contributed by atoms with Gasteiger partial charge in [-0.05, 0) is 44.4 Å². The maximum atomic E-state index is 4.75. The summed E-state index contributed by atoms with van der Waals surface area (Å²) in [7, 11) is 0. The quantitative estimate of drug-likeness (QED) is 0.544. The lowest BCUT2D eigenvalue weighted by atomic mass is 10.1. The third kappa shape index (κ3) is 2.78. The van der Waals surface area contributed by atoms with E-state index in [9.17, 15) is 0 Å². The number of aromatic nitrogens is 2. The van der Waals surface area contributed by atoms with Gasteiger partial charge in [0.2, 0.25) is 0 Å². The van der Waals surface area contributed by atoms with Crippen molar-refractivity contribution in [3.63, 3.8) is 0 Å². The van der Waals surface area contributed by atoms with E-state index in [1.807, 2.05) is 13.0 Å². The van der Waals surface area contributed by atoms with E-state index >= 15 is 0 Å². The molecule has 0 N–H and O–H groups in total. The summed E-state index contributed by atoms with van der Waals surface area (Å²) in [4.78, 5) is 4.75. The molecule has 2 aromatic rings. The fourth-order valence-electron chi connectivity index (χ4n) is 2.39. The zero-order valence-corrected chi connectivity index (χ0v) is 11.9. The molecule has 1 aromatic heterocycles. The Hall–Kier alpha value is -1.83. The first-order valence-corrected chi connectivity index (χ1v) is 6.93. The van der Waals surface area contributed by atoms with Gasteiger partial charge >= 0.3 is 0 Å². The van der Waals surface area contributed by atoms with Crippen LogP contribution in [0.5, 0.6) is 0 Å². The topological polar surface area (TPSA) is 17.8 Å². The van der Waals surface area contributed by atoms with Crippen LogP contribution in [-0.2, 0) is 13.0 Å². The first kappa shape index (κ1) is 13.6. The third-order valence-corrected chi connectivity index (χ3v) is 3.44. The van der Waals surface area contributed by atoms with Gasteiger partial charge in [-0.3, -0.25) is 0 Å². The average Bonchev–Trinajstić information content (AvgIpc) is 2.75. The number of imidazole rings is 1. The number of unbranched alkanes of at least 4 members (excludes halogenated alkanes) is 1. The smallest absolute Gasteiger partial charge is 0.109 e. The lowest BCUT2D eigenvalue weighted by Crippen LogP contribution is -2.01. The van der Waals surface area contributed by atoms with Gasteiger partial charge < -0.3 is 4.57 Å². The van der Waals surface area contributed by atoms with E-state index in [1.54, 1.807) is 0 Å². The van der Waals surface area contributed by atoms with Gasteiger partial charge in [0.05, 0.1) is 11.0 Å². The van der Waals surface area contributed by atoms with Crippen molar-refractivity contribution in [3.05, 3.63) is 48.8 Å². The van der Waals surface area contributed by atoms with E-state index in [0.29, 0.717) is 0 Å². The normalized spacial score (nSPS) is 10.8. The largest absolute Gasteiger partial charge is 0.328 e. The van der Waals surface area contributed by atoms with Crippen LogP contribution in [0.2, 0.25) is 0 Å². The van der Waals surface area contributed by atoms with Crippen molar-refractivity contribution in [2.75, 3.05) is 0 Å². The minimum atomic E-state index is 0.958. The molecule has 1 heterocycles. The van der Waals surface area contributed by atoms with E-state index in [2.05, 4.69) is 42.8 Å². The molecular weight excluding hydrogens is 232 g/mol. The standard InChI is InChI=1S/C17H22N2/c1-5-7-8-9-17-18-15-11-10-14(13(3)4)12-16(15)19(17)6-2/h5,10-12H,1,3,6-9H2,2,4H3. The van der Waals surface area contributed by atoms with E-state index in [4.69, 9.17) is 4.98 Å². The molecule has 1 aromatic carbocycles. The van der Waals surface area contributed by atoms with Crippen molar-refractivity contribution in [1.82, 2.24) is 9.55 Å². The molecular formula is C17H22N2. The molecule has 19 heavy (non-hydrogen) atoms. The van der Waals surface area contributed by atoms with Crippen molar-refractivity contribution < 1.29 is 0 Å². The molecule has 0 saturated heterocycles. The van der Waals surface area contributed by atoms with Crippen molar-refractivity contribution in [2.24, 2.45) is 0 Å². The second-order valence-corrected chi connectivity index (χ2v) is 4.94. The van der Waals surface area contributed by atoms with Crippen LogP contribution < -0.4 is 0 Å². The Labute approximate surface area is 115 Å². The molecule has 0 saturated carbocycles. The monoisotopic (exact) mass is 254 g/mol. The Balaban J connectivity index is 2.42. The van der Waals surface area contributed by atoms with Gasteiger partial charge in [-0.25, -0.2) is 4.98 Å². The fourth-order valence-corrected chi connectivity index (χ4v) is 2.39. The Kier molecular flexibility index (Phi) is 4.20. The molecule has 2 rings (SSSR count). The molecule has 0 aliphatic rings. The zero-order chi connectivity index (χ0) is 13.8.